The maximum atomic E-state index is 13.0. The van der Waals surface area contributed by atoms with Gasteiger partial charge in [-0.2, -0.15) is 13.2 Å². The minimum atomic E-state index is -4.27. The second kappa shape index (κ2) is 8.17. The van der Waals surface area contributed by atoms with E-state index < -0.39 is 12.6 Å². The van der Waals surface area contributed by atoms with Crippen molar-refractivity contribution >= 4 is 33.3 Å². The van der Waals surface area contributed by atoms with E-state index in [1.54, 1.807) is 17.0 Å². The number of carbonyl (C=O) groups excluding carboxylic acids is 1. The number of nitrogens with zero attached hydrogens (tertiary/aromatic N) is 4. The van der Waals surface area contributed by atoms with Gasteiger partial charge in [-0.25, -0.2) is 14.4 Å². The number of fused-ring (bicyclic) bond motifs is 1. The van der Waals surface area contributed by atoms with Crippen LogP contribution in [0.5, 0.6) is 0 Å². The van der Waals surface area contributed by atoms with Crippen molar-refractivity contribution in [3.63, 3.8) is 0 Å². The molecule has 4 rings (SSSR count). The topological polar surface area (TPSA) is 49.3 Å². The molecule has 0 aliphatic carbocycles. The molecule has 1 aliphatic rings. The number of rotatable bonds is 4. The van der Waals surface area contributed by atoms with Crippen LogP contribution in [-0.4, -0.2) is 53.1 Å². The van der Waals surface area contributed by atoms with E-state index in [1.165, 1.54) is 24.5 Å². The standard InChI is InChI=1S/C20H18F4N4OS/c21-14-3-1-13(2-4-14)9-17(29)27-5-7-28(8-6-27)18-16-10-15(11-20(22,23)24)30-19(16)26-12-25-18/h1-4,10,12H,5-9,11H2. The smallest absolute Gasteiger partial charge is 0.352 e. The largest absolute Gasteiger partial charge is 0.393 e. The van der Waals surface area contributed by atoms with Gasteiger partial charge in [-0.05, 0) is 23.8 Å². The number of anilines is 1. The number of hydrogen-bond donors (Lipinski definition) is 0. The summed E-state index contributed by atoms with van der Waals surface area (Å²) in [5, 5.41) is 0.604. The summed E-state index contributed by atoms with van der Waals surface area (Å²) in [6.45, 7) is 1.99. The lowest BCUT2D eigenvalue weighted by atomic mass is 10.1. The normalized spacial score (nSPS) is 15.1. The van der Waals surface area contributed by atoms with Gasteiger partial charge in [0.1, 0.15) is 22.8 Å². The lowest BCUT2D eigenvalue weighted by Gasteiger charge is -2.35. The van der Waals surface area contributed by atoms with E-state index in [-0.39, 0.29) is 23.0 Å². The average Bonchev–Trinajstić information content (AvgIpc) is 3.10. The molecule has 2 aromatic heterocycles. The van der Waals surface area contributed by atoms with E-state index in [0.29, 0.717) is 42.2 Å². The average molecular weight is 438 g/mol. The van der Waals surface area contributed by atoms with Crippen LogP contribution in [0, 0.1) is 5.82 Å². The Bertz CT molecular complexity index is 1040. The molecule has 0 unspecified atom stereocenters. The SMILES string of the molecule is O=C(Cc1ccc(F)cc1)N1CCN(c2ncnc3sc(CC(F)(F)F)cc23)CC1. The number of amides is 1. The summed E-state index contributed by atoms with van der Waals surface area (Å²) in [4.78, 5) is 25.3. The van der Waals surface area contributed by atoms with E-state index >= 15 is 0 Å². The van der Waals surface area contributed by atoms with Crippen molar-refractivity contribution < 1.29 is 22.4 Å². The zero-order valence-corrected chi connectivity index (χ0v) is 16.6. The molecule has 0 saturated carbocycles. The predicted octanol–water partition coefficient (Wildman–Crippen LogP) is 3.83. The third-order valence-corrected chi connectivity index (χ3v) is 5.98. The molecule has 0 N–H and O–H groups in total. The number of alkyl halides is 3. The van der Waals surface area contributed by atoms with Gasteiger partial charge in [0.2, 0.25) is 5.91 Å². The summed E-state index contributed by atoms with van der Waals surface area (Å²) < 4.78 is 51.2. The van der Waals surface area contributed by atoms with Crippen molar-refractivity contribution in [2.45, 2.75) is 19.0 Å². The fraction of sp³-hybridized carbons (Fsp3) is 0.350. The molecule has 0 bridgehead atoms. The summed E-state index contributed by atoms with van der Waals surface area (Å²) in [6, 6.07) is 7.35. The van der Waals surface area contributed by atoms with Gasteiger partial charge in [-0.3, -0.25) is 4.79 Å². The van der Waals surface area contributed by atoms with Crippen LogP contribution in [0.15, 0.2) is 36.7 Å². The maximum Gasteiger partial charge on any atom is 0.393 e. The minimum Gasteiger partial charge on any atom is -0.352 e. The molecule has 1 aliphatic heterocycles. The molecule has 10 heteroatoms. The molecule has 3 heterocycles. The van der Waals surface area contributed by atoms with Crippen LogP contribution in [0.2, 0.25) is 0 Å². The first kappa shape index (κ1) is 20.5. The molecule has 1 saturated heterocycles. The van der Waals surface area contributed by atoms with Gasteiger partial charge in [-0.15, -0.1) is 11.3 Å². The van der Waals surface area contributed by atoms with Crippen molar-refractivity contribution in [3.05, 3.63) is 52.9 Å². The summed E-state index contributed by atoms with van der Waals surface area (Å²) in [7, 11) is 0. The Morgan fingerprint density at radius 2 is 1.77 bits per heavy atom. The van der Waals surface area contributed by atoms with Gasteiger partial charge in [0.25, 0.3) is 0 Å². The van der Waals surface area contributed by atoms with E-state index in [0.717, 1.165) is 16.9 Å². The highest BCUT2D eigenvalue weighted by Gasteiger charge is 2.30. The summed E-state index contributed by atoms with van der Waals surface area (Å²) in [5.74, 6) is 0.204. The number of carbonyl (C=O) groups is 1. The maximum absolute atomic E-state index is 13.0. The number of thiophene rings is 1. The Balaban J connectivity index is 1.43. The zero-order valence-electron chi connectivity index (χ0n) is 15.8. The second-order valence-corrected chi connectivity index (χ2v) is 8.21. The number of halogens is 4. The highest BCUT2D eigenvalue weighted by atomic mass is 32.1. The highest BCUT2D eigenvalue weighted by Crippen LogP contribution is 2.34. The number of benzene rings is 1. The lowest BCUT2D eigenvalue weighted by Crippen LogP contribution is -2.49. The third-order valence-electron chi connectivity index (χ3n) is 4.93. The Kier molecular flexibility index (Phi) is 5.59. The van der Waals surface area contributed by atoms with Crippen molar-refractivity contribution in [3.8, 4) is 0 Å². The molecular formula is C20H18F4N4OS. The first-order chi connectivity index (χ1) is 14.3. The zero-order chi connectivity index (χ0) is 21.3. The minimum absolute atomic E-state index is 0.0444. The van der Waals surface area contributed by atoms with Crippen molar-refractivity contribution in [1.82, 2.24) is 14.9 Å². The van der Waals surface area contributed by atoms with Crippen LogP contribution in [0.3, 0.4) is 0 Å². The first-order valence-electron chi connectivity index (χ1n) is 9.36. The summed E-state index contributed by atoms with van der Waals surface area (Å²) in [5.41, 5.74) is 0.747. The Morgan fingerprint density at radius 1 is 1.07 bits per heavy atom. The molecule has 1 fully saturated rings. The van der Waals surface area contributed by atoms with E-state index in [9.17, 15) is 22.4 Å². The van der Waals surface area contributed by atoms with Gasteiger partial charge in [-0.1, -0.05) is 12.1 Å². The fourth-order valence-electron chi connectivity index (χ4n) is 3.49. The molecule has 3 aromatic rings. The molecule has 30 heavy (non-hydrogen) atoms. The van der Waals surface area contributed by atoms with Crippen LogP contribution in [0.4, 0.5) is 23.4 Å². The van der Waals surface area contributed by atoms with Crippen molar-refractivity contribution in [2.75, 3.05) is 31.1 Å². The van der Waals surface area contributed by atoms with E-state index in [4.69, 9.17) is 0 Å². The Morgan fingerprint density at radius 3 is 2.43 bits per heavy atom. The summed E-state index contributed by atoms with van der Waals surface area (Å²) >= 11 is 1.02. The molecule has 0 spiro atoms. The molecule has 5 nitrogen and oxygen atoms in total. The monoisotopic (exact) mass is 438 g/mol. The van der Waals surface area contributed by atoms with Crippen LogP contribution in [-0.2, 0) is 17.6 Å². The van der Waals surface area contributed by atoms with Crippen molar-refractivity contribution in [2.24, 2.45) is 0 Å². The number of aromatic nitrogens is 2. The molecule has 1 amide bonds. The van der Waals surface area contributed by atoms with Gasteiger partial charge in [0.15, 0.2) is 0 Å². The molecule has 158 valence electrons. The predicted molar refractivity (Wildman–Crippen MR) is 106 cm³/mol. The van der Waals surface area contributed by atoms with Gasteiger partial charge < -0.3 is 9.80 Å². The van der Waals surface area contributed by atoms with Crippen LogP contribution >= 0.6 is 11.3 Å². The number of piperazine rings is 1. The van der Waals surface area contributed by atoms with Crippen LogP contribution < -0.4 is 4.90 Å². The number of hydrogen-bond acceptors (Lipinski definition) is 5. The molecule has 0 atom stereocenters. The Labute approximate surface area is 174 Å². The van der Waals surface area contributed by atoms with Crippen LogP contribution in [0.1, 0.15) is 10.4 Å². The lowest BCUT2D eigenvalue weighted by molar-refractivity contribution is -0.130. The summed E-state index contributed by atoms with van der Waals surface area (Å²) in [6.07, 6.45) is -3.70. The van der Waals surface area contributed by atoms with Gasteiger partial charge >= 0.3 is 6.18 Å². The van der Waals surface area contributed by atoms with E-state index in [1.807, 2.05) is 4.90 Å². The molecular weight excluding hydrogens is 420 g/mol. The molecule has 1 aromatic carbocycles. The van der Waals surface area contributed by atoms with Gasteiger partial charge in [0, 0.05) is 31.1 Å². The highest BCUT2D eigenvalue weighted by molar-refractivity contribution is 7.18. The first-order valence-corrected chi connectivity index (χ1v) is 10.2. The quantitative estimate of drug-likeness (QED) is 0.581. The molecule has 0 radical (unpaired) electrons. The second-order valence-electron chi connectivity index (χ2n) is 7.09. The van der Waals surface area contributed by atoms with Gasteiger partial charge in [0.05, 0.1) is 18.2 Å². The fourth-order valence-corrected chi connectivity index (χ4v) is 4.51. The Hall–Kier alpha value is -2.75. The van der Waals surface area contributed by atoms with Crippen LogP contribution in [0.25, 0.3) is 10.2 Å². The third kappa shape index (κ3) is 4.69. The van der Waals surface area contributed by atoms with E-state index in [2.05, 4.69) is 9.97 Å². The van der Waals surface area contributed by atoms with Crippen molar-refractivity contribution in [1.29, 1.82) is 0 Å².